The lowest BCUT2D eigenvalue weighted by molar-refractivity contribution is 0.0506. The number of ether oxygens (including phenoxy) is 2. The third-order valence-corrected chi connectivity index (χ3v) is 2.11. The van der Waals surface area contributed by atoms with Crippen LogP contribution in [0.1, 0.15) is 20.3 Å². The molecule has 0 bridgehead atoms. The van der Waals surface area contributed by atoms with Crippen molar-refractivity contribution in [2.45, 2.75) is 20.3 Å². The summed E-state index contributed by atoms with van der Waals surface area (Å²) in [5, 5.41) is 8.60. The fraction of sp³-hybridized carbons (Fsp3) is 0.917. The first-order valence-electron chi connectivity index (χ1n) is 6.69. The van der Waals surface area contributed by atoms with Crippen molar-refractivity contribution in [3.63, 3.8) is 0 Å². The Kier molecular flexibility index (Phi) is 13.5. The van der Waals surface area contributed by atoms with E-state index in [9.17, 15) is 4.79 Å². The maximum Gasteiger partial charge on any atom is 0.314 e. The SMILES string of the molecule is CCCNC(=O)NCCOCCOCCNCC. The summed E-state index contributed by atoms with van der Waals surface area (Å²) in [4.78, 5) is 11.1. The van der Waals surface area contributed by atoms with Gasteiger partial charge < -0.3 is 25.4 Å². The van der Waals surface area contributed by atoms with Crippen LogP contribution in [0.15, 0.2) is 0 Å². The Bertz CT molecular complexity index is 191. The Morgan fingerprint density at radius 3 is 2.11 bits per heavy atom. The lowest BCUT2D eigenvalue weighted by Gasteiger charge is -2.08. The number of hydrogen-bond donors (Lipinski definition) is 3. The monoisotopic (exact) mass is 261 g/mol. The van der Waals surface area contributed by atoms with E-state index in [4.69, 9.17) is 9.47 Å². The van der Waals surface area contributed by atoms with E-state index in [0.717, 1.165) is 19.5 Å². The van der Waals surface area contributed by atoms with E-state index in [1.807, 2.05) is 6.92 Å². The number of likely N-dealkylation sites (N-methyl/N-ethyl adjacent to an activating group) is 1. The van der Waals surface area contributed by atoms with Crippen LogP contribution in [0.25, 0.3) is 0 Å². The summed E-state index contributed by atoms with van der Waals surface area (Å²) in [5.74, 6) is 0. The van der Waals surface area contributed by atoms with E-state index in [1.165, 1.54) is 0 Å². The fourth-order valence-electron chi connectivity index (χ4n) is 1.18. The second-order valence-electron chi connectivity index (χ2n) is 3.76. The summed E-state index contributed by atoms with van der Waals surface area (Å²) in [6.07, 6.45) is 0.939. The van der Waals surface area contributed by atoms with Gasteiger partial charge in [0.1, 0.15) is 0 Å². The number of amides is 2. The maximum absolute atomic E-state index is 11.1. The van der Waals surface area contributed by atoms with Crippen LogP contribution in [-0.2, 0) is 9.47 Å². The minimum absolute atomic E-state index is 0.137. The molecule has 3 N–H and O–H groups in total. The minimum atomic E-state index is -0.137. The third-order valence-electron chi connectivity index (χ3n) is 2.11. The first-order chi connectivity index (χ1) is 8.81. The molecule has 0 aliphatic heterocycles. The van der Waals surface area contributed by atoms with Gasteiger partial charge in [0.2, 0.25) is 0 Å². The number of rotatable bonds is 12. The molecule has 18 heavy (non-hydrogen) atoms. The van der Waals surface area contributed by atoms with E-state index in [1.54, 1.807) is 0 Å². The van der Waals surface area contributed by atoms with E-state index in [2.05, 4.69) is 22.9 Å². The van der Waals surface area contributed by atoms with Gasteiger partial charge >= 0.3 is 6.03 Å². The van der Waals surface area contributed by atoms with Crippen LogP contribution in [0.3, 0.4) is 0 Å². The van der Waals surface area contributed by atoms with Crippen LogP contribution in [0.2, 0.25) is 0 Å². The van der Waals surface area contributed by atoms with Gasteiger partial charge in [-0.1, -0.05) is 13.8 Å². The van der Waals surface area contributed by atoms with Gasteiger partial charge in [-0.3, -0.25) is 0 Å². The largest absolute Gasteiger partial charge is 0.378 e. The van der Waals surface area contributed by atoms with Gasteiger partial charge in [0, 0.05) is 19.6 Å². The van der Waals surface area contributed by atoms with Gasteiger partial charge in [0.15, 0.2) is 0 Å². The average Bonchev–Trinajstić information content (AvgIpc) is 2.38. The normalized spacial score (nSPS) is 10.3. The second-order valence-corrected chi connectivity index (χ2v) is 3.76. The van der Waals surface area contributed by atoms with Crippen molar-refractivity contribution in [2.24, 2.45) is 0 Å². The highest BCUT2D eigenvalue weighted by atomic mass is 16.5. The van der Waals surface area contributed by atoms with E-state index in [-0.39, 0.29) is 6.03 Å². The molecule has 0 aliphatic rings. The lowest BCUT2D eigenvalue weighted by Crippen LogP contribution is -2.37. The molecule has 0 aromatic rings. The zero-order valence-electron chi connectivity index (χ0n) is 11.6. The van der Waals surface area contributed by atoms with Gasteiger partial charge in [0.25, 0.3) is 0 Å². The second kappa shape index (κ2) is 14.2. The molecule has 0 atom stereocenters. The molecule has 0 saturated heterocycles. The summed E-state index contributed by atoms with van der Waals surface area (Å²) < 4.78 is 10.6. The van der Waals surface area contributed by atoms with Gasteiger partial charge in [-0.25, -0.2) is 4.79 Å². The highest BCUT2D eigenvalue weighted by molar-refractivity contribution is 5.73. The zero-order chi connectivity index (χ0) is 13.5. The highest BCUT2D eigenvalue weighted by Crippen LogP contribution is 1.78. The van der Waals surface area contributed by atoms with Crippen LogP contribution in [0.5, 0.6) is 0 Å². The Morgan fingerprint density at radius 1 is 0.889 bits per heavy atom. The van der Waals surface area contributed by atoms with Crippen molar-refractivity contribution in [3.8, 4) is 0 Å². The quantitative estimate of drug-likeness (QED) is 0.443. The van der Waals surface area contributed by atoms with Gasteiger partial charge in [-0.15, -0.1) is 0 Å². The molecule has 0 aliphatic carbocycles. The number of carbonyl (C=O) groups is 1. The summed E-state index contributed by atoms with van der Waals surface area (Å²) in [7, 11) is 0. The minimum Gasteiger partial charge on any atom is -0.378 e. The molecule has 0 spiro atoms. The van der Waals surface area contributed by atoms with Crippen molar-refractivity contribution >= 4 is 6.03 Å². The molecular formula is C12H27N3O3. The molecule has 0 fully saturated rings. The van der Waals surface area contributed by atoms with E-state index in [0.29, 0.717) is 39.5 Å². The van der Waals surface area contributed by atoms with Crippen LogP contribution >= 0.6 is 0 Å². The van der Waals surface area contributed by atoms with Gasteiger partial charge in [-0.05, 0) is 13.0 Å². The summed E-state index contributed by atoms with van der Waals surface area (Å²) in [6, 6.07) is -0.137. The Labute approximate surface area is 110 Å². The first kappa shape index (κ1) is 17.2. The van der Waals surface area contributed by atoms with Crippen LogP contribution in [-0.4, -0.2) is 58.6 Å². The number of carbonyl (C=O) groups excluding carboxylic acids is 1. The topological polar surface area (TPSA) is 71.6 Å². The molecule has 0 aromatic carbocycles. The van der Waals surface area contributed by atoms with Crippen molar-refractivity contribution in [1.82, 2.24) is 16.0 Å². The summed E-state index contributed by atoms with van der Waals surface area (Å²) >= 11 is 0. The number of urea groups is 1. The summed E-state index contributed by atoms with van der Waals surface area (Å²) in [5.41, 5.74) is 0. The smallest absolute Gasteiger partial charge is 0.314 e. The molecular weight excluding hydrogens is 234 g/mol. The Hall–Kier alpha value is -0.850. The predicted molar refractivity (Wildman–Crippen MR) is 71.9 cm³/mol. The van der Waals surface area contributed by atoms with E-state index < -0.39 is 0 Å². The van der Waals surface area contributed by atoms with Gasteiger partial charge in [-0.2, -0.15) is 0 Å². The molecule has 6 nitrogen and oxygen atoms in total. The molecule has 0 radical (unpaired) electrons. The fourth-order valence-corrected chi connectivity index (χ4v) is 1.18. The molecule has 0 rings (SSSR count). The van der Waals surface area contributed by atoms with Crippen LogP contribution in [0.4, 0.5) is 4.79 Å². The summed E-state index contributed by atoms with van der Waals surface area (Å²) in [6.45, 7) is 9.50. The highest BCUT2D eigenvalue weighted by Gasteiger charge is 1.96. The molecule has 0 unspecified atom stereocenters. The van der Waals surface area contributed by atoms with Crippen LogP contribution < -0.4 is 16.0 Å². The zero-order valence-corrected chi connectivity index (χ0v) is 11.6. The molecule has 108 valence electrons. The van der Waals surface area contributed by atoms with Crippen molar-refractivity contribution in [3.05, 3.63) is 0 Å². The molecule has 0 heterocycles. The predicted octanol–water partition coefficient (Wildman–Crippen LogP) is 0.338. The van der Waals surface area contributed by atoms with Gasteiger partial charge in [0.05, 0.1) is 26.4 Å². The average molecular weight is 261 g/mol. The molecule has 2 amide bonds. The number of nitrogens with one attached hydrogen (secondary N) is 3. The Morgan fingerprint density at radius 2 is 1.50 bits per heavy atom. The molecule has 0 aromatic heterocycles. The molecule has 0 saturated carbocycles. The van der Waals surface area contributed by atoms with Crippen molar-refractivity contribution < 1.29 is 14.3 Å². The van der Waals surface area contributed by atoms with Crippen LogP contribution in [0, 0.1) is 0 Å². The van der Waals surface area contributed by atoms with E-state index >= 15 is 0 Å². The number of hydrogen-bond acceptors (Lipinski definition) is 4. The standard InChI is InChI=1S/C12H27N3O3/c1-3-5-14-12(16)15-7-9-18-11-10-17-8-6-13-4-2/h13H,3-11H2,1-2H3,(H2,14,15,16). The van der Waals surface area contributed by atoms with Crippen molar-refractivity contribution in [2.75, 3.05) is 52.6 Å². The Balaban J connectivity index is 3.04. The first-order valence-corrected chi connectivity index (χ1v) is 6.69. The molecule has 6 heteroatoms. The van der Waals surface area contributed by atoms with Crippen molar-refractivity contribution in [1.29, 1.82) is 0 Å². The third kappa shape index (κ3) is 13.2. The maximum atomic E-state index is 11.1. The lowest BCUT2D eigenvalue weighted by atomic mass is 10.5.